The first kappa shape index (κ1) is 16.2. The van der Waals surface area contributed by atoms with Gasteiger partial charge in [-0.25, -0.2) is 4.79 Å². The number of hydrogen-bond donors (Lipinski definition) is 1. The molecule has 0 bridgehead atoms. The Bertz CT molecular complexity index is 435. The van der Waals surface area contributed by atoms with Crippen molar-refractivity contribution in [3.05, 3.63) is 18.5 Å². The number of hydrogen-bond acceptors (Lipinski definition) is 3. The third kappa shape index (κ3) is 4.95. The van der Waals surface area contributed by atoms with Crippen molar-refractivity contribution in [1.29, 1.82) is 0 Å². The summed E-state index contributed by atoms with van der Waals surface area (Å²) in [7, 11) is 0. The molecule has 0 unspecified atom stereocenters. The number of nitrogens with zero attached hydrogens (tertiary/aromatic N) is 3. The van der Waals surface area contributed by atoms with E-state index in [0.717, 1.165) is 25.4 Å². The highest BCUT2D eigenvalue weighted by Crippen LogP contribution is 2.24. The summed E-state index contributed by atoms with van der Waals surface area (Å²) in [5, 5.41) is 7.82. The molecule has 2 heterocycles. The molecule has 0 aliphatic carbocycles. The van der Waals surface area contributed by atoms with Crippen molar-refractivity contribution < 1.29 is 4.79 Å². The van der Waals surface area contributed by atoms with Gasteiger partial charge in [-0.2, -0.15) is 16.9 Å². The standard InChI is InChI=1S/C15H26N4OS/c1-12(2)14-11-18(7-8-21-14)15(20)16-9-13(3)10-19-6-4-5-17-19/h4-6,12-14H,7-11H2,1-3H3,(H,16,20)/t13-,14+/m0/s1. The van der Waals surface area contributed by atoms with Crippen LogP contribution in [0.4, 0.5) is 4.79 Å². The average molecular weight is 310 g/mol. The maximum atomic E-state index is 12.3. The number of carbonyl (C=O) groups excluding carboxylic acids is 1. The highest BCUT2D eigenvalue weighted by Gasteiger charge is 2.25. The highest BCUT2D eigenvalue weighted by molar-refractivity contribution is 8.00. The maximum Gasteiger partial charge on any atom is 0.317 e. The van der Waals surface area contributed by atoms with Crippen LogP contribution in [0.1, 0.15) is 20.8 Å². The molecule has 118 valence electrons. The lowest BCUT2D eigenvalue weighted by atomic mass is 10.1. The SMILES string of the molecule is CC(C)[C@H]1CN(C(=O)NC[C@H](C)Cn2cccn2)CCS1. The Hall–Kier alpha value is -1.17. The molecule has 6 heteroatoms. The third-order valence-corrected chi connectivity index (χ3v) is 5.32. The van der Waals surface area contributed by atoms with Gasteiger partial charge < -0.3 is 10.2 Å². The minimum absolute atomic E-state index is 0.0771. The fourth-order valence-corrected chi connectivity index (χ4v) is 3.73. The predicted octanol–water partition coefficient (Wildman–Crippen LogP) is 2.30. The van der Waals surface area contributed by atoms with Crippen molar-refractivity contribution >= 4 is 17.8 Å². The van der Waals surface area contributed by atoms with Crippen LogP contribution in [0.3, 0.4) is 0 Å². The van der Waals surface area contributed by atoms with Crippen LogP contribution < -0.4 is 5.32 Å². The van der Waals surface area contributed by atoms with E-state index in [-0.39, 0.29) is 6.03 Å². The van der Waals surface area contributed by atoms with Crippen molar-refractivity contribution in [1.82, 2.24) is 20.0 Å². The van der Waals surface area contributed by atoms with Crippen LogP contribution in [-0.4, -0.2) is 51.3 Å². The smallest absolute Gasteiger partial charge is 0.317 e. The van der Waals surface area contributed by atoms with Gasteiger partial charge in [0.2, 0.25) is 0 Å². The molecule has 0 saturated carbocycles. The number of amides is 2. The molecule has 1 saturated heterocycles. The van der Waals surface area contributed by atoms with E-state index < -0.39 is 0 Å². The van der Waals surface area contributed by atoms with Crippen LogP contribution in [0.5, 0.6) is 0 Å². The minimum atomic E-state index is 0.0771. The summed E-state index contributed by atoms with van der Waals surface area (Å²) in [6, 6.07) is 2.00. The van der Waals surface area contributed by atoms with Crippen molar-refractivity contribution in [2.75, 3.05) is 25.4 Å². The predicted molar refractivity (Wildman–Crippen MR) is 87.4 cm³/mol. The van der Waals surface area contributed by atoms with Crippen molar-refractivity contribution in [2.45, 2.75) is 32.6 Å². The summed E-state index contributed by atoms with van der Waals surface area (Å²) in [6.45, 7) is 9.82. The van der Waals surface area contributed by atoms with Gasteiger partial charge in [-0.05, 0) is 17.9 Å². The van der Waals surface area contributed by atoms with Crippen LogP contribution in [0, 0.1) is 11.8 Å². The molecule has 1 aromatic heterocycles. The highest BCUT2D eigenvalue weighted by atomic mass is 32.2. The lowest BCUT2D eigenvalue weighted by Gasteiger charge is -2.34. The second-order valence-electron chi connectivity index (χ2n) is 6.12. The molecule has 1 fully saturated rings. The molecule has 2 rings (SSSR count). The molecule has 0 spiro atoms. The first-order valence-corrected chi connectivity index (χ1v) is 8.73. The van der Waals surface area contributed by atoms with E-state index in [1.807, 2.05) is 33.6 Å². The van der Waals surface area contributed by atoms with Gasteiger partial charge in [-0.3, -0.25) is 4.68 Å². The second-order valence-corrected chi connectivity index (χ2v) is 7.47. The van der Waals surface area contributed by atoms with Gasteiger partial charge in [0.25, 0.3) is 0 Å². The summed E-state index contributed by atoms with van der Waals surface area (Å²) in [5.41, 5.74) is 0. The Labute approximate surface area is 131 Å². The zero-order valence-corrected chi connectivity index (χ0v) is 14.0. The Morgan fingerprint density at radius 1 is 1.48 bits per heavy atom. The fraction of sp³-hybridized carbons (Fsp3) is 0.733. The van der Waals surface area contributed by atoms with Gasteiger partial charge in [0.05, 0.1) is 0 Å². The number of urea groups is 1. The van der Waals surface area contributed by atoms with Crippen LogP contribution >= 0.6 is 11.8 Å². The summed E-state index contributed by atoms with van der Waals surface area (Å²) >= 11 is 1.99. The van der Waals surface area contributed by atoms with Gasteiger partial charge in [0, 0.05) is 49.6 Å². The lowest BCUT2D eigenvalue weighted by Crippen LogP contribution is -2.49. The van der Waals surface area contributed by atoms with E-state index >= 15 is 0 Å². The number of aromatic nitrogens is 2. The van der Waals surface area contributed by atoms with Gasteiger partial charge in [-0.15, -0.1) is 0 Å². The van der Waals surface area contributed by atoms with E-state index in [0.29, 0.717) is 23.6 Å². The summed E-state index contributed by atoms with van der Waals surface area (Å²) < 4.78 is 1.91. The van der Waals surface area contributed by atoms with E-state index in [1.54, 1.807) is 6.20 Å². The fourth-order valence-electron chi connectivity index (χ4n) is 2.43. The molecule has 2 amide bonds. The zero-order chi connectivity index (χ0) is 15.2. The minimum Gasteiger partial charge on any atom is -0.338 e. The summed E-state index contributed by atoms with van der Waals surface area (Å²) in [6.07, 6.45) is 3.73. The van der Waals surface area contributed by atoms with E-state index in [1.165, 1.54) is 0 Å². The average Bonchev–Trinajstić information content (AvgIpc) is 2.97. The first-order chi connectivity index (χ1) is 10.1. The molecule has 0 aromatic carbocycles. The summed E-state index contributed by atoms with van der Waals surface area (Å²) in [4.78, 5) is 14.2. The van der Waals surface area contributed by atoms with Crippen molar-refractivity contribution in [2.24, 2.45) is 11.8 Å². The normalized spacial score (nSPS) is 20.6. The van der Waals surface area contributed by atoms with Gasteiger partial charge >= 0.3 is 6.03 Å². The molecule has 0 radical (unpaired) electrons. The number of carbonyl (C=O) groups is 1. The van der Waals surface area contributed by atoms with Crippen molar-refractivity contribution in [3.8, 4) is 0 Å². The van der Waals surface area contributed by atoms with E-state index in [4.69, 9.17) is 0 Å². The monoisotopic (exact) mass is 310 g/mol. The molecule has 5 nitrogen and oxygen atoms in total. The maximum absolute atomic E-state index is 12.3. The Morgan fingerprint density at radius 2 is 2.29 bits per heavy atom. The molecule has 1 aliphatic rings. The summed E-state index contributed by atoms with van der Waals surface area (Å²) in [5.74, 6) is 2.03. The molecule has 1 aromatic rings. The Kier molecular flexibility index (Phi) is 5.96. The second kappa shape index (κ2) is 7.73. The molecule has 2 atom stereocenters. The Balaban J connectivity index is 1.73. The van der Waals surface area contributed by atoms with Crippen LogP contribution in [0.25, 0.3) is 0 Å². The molecular weight excluding hydrogens is 284 g/mol. The quantitative estimate of drug-likeness (QED) is 0.908. The Morgan fingerprint density at radius 3 is 2.95 bits per heavy atom. The van der Waals surface area contributed by atoms with Gasteiger partial charge in [-0.1, -0.05) is 20.8 Å². The van der Waals surface area contributed by atoms with Crippen LogP contribution in [0.2, 0.25) is 0 Å². The van der Waals surface area contributed by atoms with E-state index in [2.05, 4.69) is 31.2 Å². The first-order valence-electron chi connectivity index (χ1n) is 7.68. The van der Waals surface area contributed by atoms with Gasteiger partial charge in [0.1, 0.15) is 0 Å². The zero-order valence-electron chi connectivity index (χ0n) is 13.2. The number of thioether (sulfide) groups is 1. The van der Waals surface area contributed by atoms with E-state index in [9.17, 15) is 4.79 Å². The third-order valence-electron chi connectivity index (χ3n) is 3.78. The molecule has 1 aliphatic heterocycles. The molecular formula is C15H26N4OS. The largest absolute Gasteiger partial charge is 0.338 e. The molecule has 21 heavy (non-hydrogen) atoms. The molecule has 1 N–H and O–H groups in total. The van der Waals surface area contributed by atoms with Crippen molar-refractivity contribution in [3.63, 3.8) is 0 Å². The lowest BCUT2D eigenvalue weighted by molar-refractivity contribution is 0.195. The topological polar surface area (TPSA) is 50.2 Å². The van der Waals surface area contributed by atoms with Crippen LogP contribution in [-0.2, 0) is 6.54 Å². The van der Waals surface area contributed by atoms with Crippen LogP contribution in [0.15, 0.2) is 18.5 Å². The number of nitrogens with one attached hydrogen (secondary N) is 1. The van der Waals surface area contributed by atoms with Gasteiger partial charge in [0.15, 0.2) is 0 Å². The number of rotatable bonds is 5.